The average molecular weight is 324 g/mol. The minimum absolute atomic E-state index is 0.234. The predicted molar refractivity (Wildman–Crippen MR) is 80.7 cm³/mol. The third-order valence-electron chi connectivity index (χ3n) is 3.40. The molecule has 23 heavy (non-hydrogen) atoms. The van der Waals surface area contributed by atoms with E-state index < -0.39 is 23.6 Å². The summed E-state index contributed by atoms with van der Waals surface area (Å²) in [6, 6.07) is 3.04. The highest BCUT2D eigenvalue weighted by Gasteiger charge is 2.36. The summed E-state index contributed by atoms with van der Waals surface area (Å²) in [5.74, 6) is -3.55. The molecule has 7 heteroatoms. The SMILES string of the molecule is CCc1c(OC)cc(C(C(=O)OC)C(=O)C(=O)OC)cc1OC. The Labute approximate surface area is 134 Å². The van der Waals surface area contributed by atoms with Gasteiger partial charge < -0.3 is 18.9 Å². The Kier molecular flexibility index (Phi) is 6.56. The van der Waals surface area contributed by atoms with Crippen LogP contribution >= 0.6 is 0 Å². The van der Waals surface area contributed by atoms with E-state index in [9.17, 15) is 14.4 Å². The second-order valence-electron chi connectivity index (χ2n) is 4.57. The number of benzene rings is 1. The standard InChI is InChI=1S/C16H20O7/c1-6-10-11(20-2)7-9(8-12(10)21-3)13(15(18)22-4)14(17)16(19)23-5/h7-8,13H,6H2,1-5H3. The van der Waals surface area contributed by atoms with Crippen LogP contribution in [0.15, 0.2) is 12.1 Å². The molecule has 1 aromatic rings. The number of carbonyl (C=O) groups is 3. The Bertz CT molecular complexity index is 581. The lowest BCUT2D eigenvalue weighted by Crippen LogP contribution is -2.30. The van der Waals surface area contributed by atoms with Crippen LogP contribution in [0.3, 0.4) is 0 Å². The Morgan fingerprint density at radius 3 is 1.83 bits per heavy atom. The van der Waals surface area contributed by atoms with Crippen molar-refractivity contribution in [1.29, 1.82) is 0 Å². The van der Waals surface area contributed by atoms with E-state index in [4.69, 9.17) is 9.47 Å². The van der Waals surface area contributed by atoms with E-state index in [-0.39, 0.29) is 5.56 Å². The summed E-state index contributed by atoms with van der Waals surface area (Å²) in [6.07, 6.45) is 0.625. The first-order chi connectivity index (χ1) is 10.9. The summed E-state index contributed by atoms with van der Waals surface area (Å²) in [7, 11) is 5.13. The summed E-state index contributed by atoms with van der Waals surface area (Å²) >= 11 is 0. The second kappa shape index (κ2) is 8.17. The zero-order valence-electron chi connectivity index (χ0n) is 13.8. The van der Waals surface area contributed by atoms with E-state index in [0.717, 1.165) is 19.8 Å². The van der Waals surface area contributed by atoms with Crippen molar-refractivity contribution in [3.05, 3.63) is 23.3 Å². The lowest BCUT2D eigenvalue weighted by Gasteiger charge is -2.18. The number of hydrogen-bond donors (Lipinski definition) is 0. The maximum atomic E-state index is 12.2. The number of methoxy groups -OCH3 is 4. The fourth-order valence-corrected chi connectivity index (χ4v) is 2.25. The third-order valence-corrected chi connectivity index (χ3v) is 3.40. The number of esters is 2. The quantitative estimate of drug-likeness (QED) is 0.424. The summed E-state index contributed by atoms with van der Waals surface area (Å²) in [4.78, 5) is 35.7. The van der Waals surface area contributed by atoms with Crippen LogP contribution in [-0.2, 0) is 30.3 Å². The van der Waals surface area contributed by atoms with Crippen molar-refractivity contribution in [2.24, 2.45) is 0 Å². The fraction of sp³-hybridized carbons (Fsp3) is 0.438. The molecule has 0 bridgehead atoms. The van der Waals surface area contributed by atoms with Crippen LogP contribution in [0.25, 0.3) is 0 Å². The molecule has 1 unspecified atom stereocenters. The molecule has 1 rings (SSSR count). The van der Waals surface area contributed by atoms with Gasteiger partial charge >= 0.3 is 11.9 Å². The molecule has 0 aliphatic carbocycles. The zero-order valence-corrected chi connectivity index (χ0v) is 13.8. The van der Waals surface area contributed by atoms with Crippen LogP contribution in [0.2, 0.25) is 0 Å². The molecule has 0 radical (unpaired) electrons. The minimum Gasteiger partial charge on any atom is -0.496 e. The largest absolute Gasteiger partial charge is 0.496 e. The Balaban J connectivity index is 3.50. The van der Waals surface area contributed by atoms with Gasteiger partial charge in [-0.2, -0.15) is 0 Å². The van der Waals surface area contributed by atoms with E-state index in [1.54, 1.807) is 0 Å². The van der Waals surface area contributed by atoms with Crippen molar-refractivity contribution in [1.82, 2.24) is 0 Å². The Morgan fingerprint density at radius 1 is 0.957 bits per heavy atom. The van der Waals surface area contributed by atoms with E-state index in [0.29, 0.717) is 17.9 Å². The van der Waals surface area contributed by atoms with Gasteiger partial charge in [-0.15, -0.1) is 0 Å². The highest BCUT2D eigenvalue weighted by molar-refractivity contribution is 6.39. The van der Waals surface area contributed by atoms with Crippen molar-refractivity contribution in [2.45, 2.75) is 19.3 Å². The van der Waals surface area contributed by atoms with Crippen molar-refractivity contribution in [3.63, 3.8) is 0 Å². The van der Waals surface area contributed by atoms with Crippen LogP contribution in [0.5, 0.6) is 11.5 Å². The summed E-state index contributed by atoms with van der Waals surface area (Å²) in [5, 5.41) is 0. The van der Waals surface area contributed by atoms with Crippen LogP contribution in [0, 0.1) is 0 Å². The highest BCUT2D eigenvalue weighted by Crippen LogP contribution is 2.34. The third kappa shape index (κ3) is 3.80. The first kappa shape index (κ1) is 18.5. The molecule has 0 saturated carbocycles. The van der Waals surface area contributed by atoms with E-state index in [1.165, 1.54) is 26.4 Å². The van der Waals surface area contributed by atoms with Crippen molar-refractivity contribution in [3.8, 4) is 11.5 Å². The van der Waals surface area contributed by atoms with Gasteiger partial charge in [0.15, 0.2) is 5.92 Å². The van der Waals surface area contributed by atoms with E-state index in [1.807, 2.05) is 6.92 Å². The number of carbonyl (C=O) groups excluding carboxylic acids is 3. The number of rotatable bonds is 7. The molecule has 0 aliphatic heterocycles. The van der Waals surface area contributed by atoms with Crippen molar-refractivity contribution >= 4 is 17.7 Å². The van der Waals surface area contributed by atoms with Crippen molar-refractivity contribution in [2.75, 3.05) is 28.4 Å². The van der Waals surface area contributed by atoms with Crippen molar-refractivity contribution < 1.29 is 33.3 Å². The monoisotopic (exact) mass is 324 g/mol. The van der Waals surface area contributed by atoms with Gasteiger partial charge in [0.1, 0.15) is 11.5 Å². The molecule has 126 valence electrons. The maximum absolute atomic E-state index is 12.2. The molecule has 0 saturated heterocycles. The lowest BCUT2D eigenvalue weighted by molar-refractivity contribution is -0.157. The maximum Gasteiger partial charge on any atom is 0.375 e. The summed E-state index contributed by atoms with van der Waals surface area (Å²) in [5.41, 5.74) is 1.02. The minimum atomic E-state index is -1.44. The van der Waals surface area contributed by atoms with Crippen LogP contribution in [-0.4, -0.2) is 46.2 Å². The van der Waals surface area contributed by atoms with Gasteiger partial charge in [0.05, 0.1) is 28.4 Å². The summed E-state index contributed by atoms with van der Waals surface area (Å²) < 4.78 is 19.6. The predicted octanol–water partition coefficient (Wildman–Crippen LogP) is 1.26. The van der Waals surface area contributed by atoms with Gasteiger partial charge in [0.2, 0.25) is 0 Å². The lowest BCUT2D eigenvalue weighted by atomic mass is 9.92. The Hall–Kier alpha value is -2.57. The van der Waals surface area contributed by atoms with Gasteiger partial charge in [-0.1, -0.05) is 6.92 Å². The molecule has 0 amide bonds. The molecule has 7 nitrogen and oxygen atoms in total. The molecule has 0 heterocycles. The Morgan fingerprint density at radius 2 is 1.48 bits per heavy atom. The van der Waals surface area contributed by atoms with Gasteiger partial charge in [0, 0.05) is 5.56 Å². The van der Waals surface area contributed by atoms with Crippen LogP contribution in [0.4, 0.5) is 0 Å². The molecule has 1 aromatic carbocycles. The normalized spacial score (nSPS) is 11.3. The number of Topliss-reactive ketones (excluding diaryl/α,β-unsaturated/α-hetero) is 1. The van der Waals surface area contributed by atoms with Gasteiger partial charge in [0.25, 0.3) is 5.78 Å². The molecule has 0 fully saturated rings. The zero-order chi connectivity index (χ0) is 17.6. The van der Waals surface area contributed by atoms with E-state index in [2.05, 4.69) is 9.47 Å². The van der Waals surface area contributed by atoms with Crippen LogP contribution in [0.1, 0.15) is 24.0 Å². The first-order valence-electron chi connectivity index (χ1n) is 6.89. The number of ether oxygens (including phenoxy) is 4. The first-order valence-corrected chi connectivity index (χ1v) is 6.89. The highest BCUT2D eigenvalue weighted by atomic mass is 16.5. The van der Waals surface area contributed by atoms with Gasteiger partial charge in [-0.05, 0) is 24.1 Å². The van der Waals surface area contributed by atoms with Gasteiger partial charge in [-0.3, -0.25) is 9.59 Å². The smallest absolute Gasteiger partial charge is 0.375 e. The van der Waals surface area contributed by atoms with E-state index >= 15 is 0 Å². The second-order valence-corrected chi connectivity index (χ2v) is 4.57. The van der Waals surface area contributed by atoms with Crippen LogP contribution < -0.4 is 9.47 Å². The topological polar surface area (TPSA) is 88.1 Å². The molecule has 0 N–H and O–H groups in total. The van der Waals surface area contributed by atoms with Gasteiger partial charge in [-0.25, -0.2) is 4.79 Å². The summed E-state index contributed by atoms with van der Waals surface area (Å²) in [6.45, 7) is 1.91. The number of hydrogen-bond acceptors (Lipinski definition) is 7. The molecule has 0 aliphatic rings. The average Bonchev–Trinajstić information content (AvgIpc) is 2.59. The molecule has 1 atom stereocenters. The number of ketones is 1. The molecular formula is C16H20O7. The molecular weight excluding hydrogens is 304 g/mol. The molecule has 0 spiro atoms. The fourth-order valence-electron chi connectivity index (χ4n) is 2.25. The molecule has 0 aromatic heterocycles.